The van der Waals surface area contributed by atoms with Gasteiger partial charge in [0.2, 0.25) is 0 Å². The minimum absolute atomic E-state index is 0.0517. The van der Waals surface area contributed by atoms with Crippen LogP contribution in [0.3, 0.4) is 0 Å². The molecule has 0 atom stereocenters. The van der Waals surface area contributed by atoms with Crippen molar-refractivity contribution in [1.29, 1.82) is 0 Å². The third-order valence-corrected chi connectivity index (χ3v) is 6.03. The number of esters is 1. The molecule has 156 valence electrons. The predicted molar refractivity (Wildman–Crippen MR) is 121 cm³/mol. The molecule has 0 saturated carbocycles. The van der Waals surface area contributed by atoms with Gasteiger partial charge in [0.1, 0.15) is 12.1 Å². The maximum atomic E-state index is 12.2. The fourth-order valence-electron chi connectivity index (χ4n) is 2.62. The van der Waals surface area contributed by atoms with Crippen molar-refractivity contribution in [1.82, 2.24) is 14.8 Å². The summed E-state index contributed by atoms with van der Waals surface area (Å²) in [5, 5.41) is 13.7. The van der Waals surface area contributed by atoms with Gasteiger partial charge in [0.15, 0.2) is 5.16 Å². The number of benzene rings is 2. The van der Waals surface area contributed by atoms with Crippen LogP contribution in [0, 0.1) is 0 Å². The molecule has 0 aliphatic carbocycles. The highest BCUT2D eigenvalue weighted by Gasteiger charge is 2.12. The molecular weight excluding hydrogens is 456 g/mol. The van der Waals surface area contributed by atoms with Crippen LogP contribution in [0.1, 0.15) is 9.67 Å². The van der Waals surface area contributed by atoms with E-state index in [0.29, 0.717) is 26.5 Å². The molecule has 2 heterocycles. The van der Waals surface area contributed by atoms with Gasteiger partial charge in [-0.2, -0.15) is 0 Å². The zero-order valence-corrected chi connectivity index (χ0v) is 18.3. The minimum atomic E-state index is -0.430. The molecule has 0 unspecified atom stereocenters. The lowest BCUT2D eigenvalue weighted by Gasteiger charge is -2.08. The zero-order valence-electron chi connectivity index (χ0n) is 15.9. The van der Waals surface area contributed by atoms with Crippen molar-refractivity contribution < 1.29 is 14.3 Å². The summed E-state index contributed by atoms with van der Waals surface area (Å²) in [6.07, 6.45) is 1.56. The SMILES string of the molecule is O=C(CSc1nncn1-c1cccc(Cl)c1)Oc1ccc(NC(=O)c2cccs2)cc1. The van der Waals surface area contributed by atoms with E-state index in [0.717, 1.165) is 5.69 Å². The second kappa shape index (κ2) is 9.78. The minimum Gasteiger partial charge on any atom is -0.426 e. The number of anilines is 1. The lowest BCUT2D eigenvalue weighted by atomic mass is 10.3. The van der Waals surface area contributed by atoms with Crippen molar-refractivity contribution in [3.63, 3.8) is 0 Å². The number of halogens is 1. The van der Waals surface area contributed by atoms with E-state index in [1.54, 1.807) is 53.4 Å². The molecule has 4 rings (SSSR count). The first-order valence-electron chi connectivity index (χ1n) is 9.03. The normalized spacial score (nSPS) is 10.6. The standard InChI is InChI=1S/C21H15ClN4O3S2/c22-14-3-1-4-16(11-14)26-13-23-25-21(26)31-12-19(27)29-17-8-6-15(7-9-17)24-20(28)18-5-2-10-30-18/h1-11,13H,12H2,(H,24,28). The molecule has 2 aromatic carbocycles. The van der Waals surface area contributed by atoms with E-state index in [1.165, 1.54) is 23.1 Å². The molecule has 0 spiro atoms. The molecule has 0 bridgehead atoms. The second-order valence-corrected chi connectivity index (χ2v) is 8.51. The van der Waals surface area contributed by atoms with E-state index in [9.17, 15) is 9.59 Å². The zero-order chi connectivity index (χ0) is 21.6. The van der Waals surface area contributed by atoms with Crippen molar-refractivity contribution in [2.45, 2.75) is 5.16 Å². The average Bonchev–Trinajstić information content (AvgIpc) is 3.46. The number of thioether (sulfide) groups is 1. The highest BCUT2D eigenvalue weighted by atomic mass is 35.5. The quantitative estimate of drug-likeness (QED) is 0.234. The van der Waals surface area contributed by atoms with Crippen molar-refractivity contribution in [2.24, 2.45) is 0 Å². The maximum Gasteiger partial charge on any atom is 0.321 e. The van der Waals surface area contributed by atoms with Gasteiger partial charge in [-0.25, -0.2) is 0 Å². The Kier molecular flexibility index (Phi) is 6.66. The first kappa shape index (κ1) is 21.1. The maximum absolute atomic E-state index is 12.2. The summed E-state index contributed by atoms with van der Waals surface area (Å²) in [7, 11) is 0. The predicted octanol–water partition coefficient (Wildman–Crippen LogP) is 4.93. The number of ether oxygens (including phenoxy) is 1. The first-order chi connectivity index (χ1) is 15.1. The van der Waals surface area contributed by atoms with Gasteiger partial charge >= 0.3 is 5.97 Å². The van der Waals surface area contributed by atoms with Crippen molar-refractivity contribution in [3.8, 4) is 11.4 Å². The summed E-state index contributed by atoms with van der Waals surface area (Å²) in [5.41, 5.74) is 1.41. The Morgan fingerprint density at radius 2 is 1.97 bits per heavy atom. The Balaban J connectivity index is 1.32. The van der Waals surface area contributed by atoms with Crippen LogP contribution in [0.4, 0.5) is 5.69 Å². The molecule has 31 heavy (non-hydrogen) atoms. The average molecular weight is 471 g/mol. The van der Waals surface area contributed by atoms with Crippen LogP contribution in [-0.4, -0.2) is 32.4 Å². The third kappa shape index (κ3) is 5.52. The van der Waals surface area contributed by atoms with Gasteiger partial charge in [0.25, 0.3) is 5.91 Å². The van der Waals surface area contributed by atoms with Gasteiger partial charge in [-0.05, 0) is 53.9 Å². The van der Waals surface area contributed by atoms with Gasteiger partial charge in [-0.15, -0.1) is 21.5 Å². The molecule has 0 saturated heterocycles. The van der Waals surface area contributed by atoms with Crippen LogP contribution >= 0.6 is 34.7 Å². The number of carbonyl (C=O) groups is 2. The Hall–Kier alpha value is -3.14. The molecule has 0 fully saturated rings. The van der Waals surface area contributed by atoms with Crippen LogP contribution in [0.25, 0.3) is 5.69 Å². The van der Waals surface area contributed by atoms with E-state index in [2.05, 4.69) is 15.5 Å². The smallest absolute Gasteiger partial charge is 0.321 e. The fourth-order valence-corrected chi connectivity index (χ4v) is 4.12. The van der Waals surface area contributed by atoms with Crippen molar-refractivity contribution >= 4 is 52.3 Å². The molecule has 1 N–H and O–H groups in total. The molecule has 10 heteroatoms. The molecule has 0 aliphatic heterocycles. The molecule has 1 amide bonds. The summed E-state index contributed by atoms with van der Waals surface area (Å²) in [4.78, 5) is 24.9. The lowest BCUT2D eigenvalue weighted by molar-refractivity contribution is -0.131. The van der Waals surface area contributed by atoms with Gasteiger partial charge < -0.3 is 10.1 Å². The van der Waals surface area contributed by atoms with Gasteiger partial charge in [-0.1, -0.05) is 35.5 Å². The van der Waals surface area contributed by atoms with Crippen LogP contribution in [0.15, 0.2) is 77.5 Å². The summed E-state index contributed by atoms with van der Waals surface area (Å²) in [6, 6.07) is 17.4. The van der Waals surface area contributed by atoms with E-state index in [1.807, 2.05) is 23.6 Å². The fraction of sp³-hybridized carbons (Fsp3) is 0.0476. The number of aromatic nitrogens is 3. The number of hydrogen-bond acceptors (Lipinski definition) is 7. The molecule has 0 aliphatic rings. The van der Waals surface area contributed by atoms with E-state index >= 15 is 0 Å². The Bertz CT molecular complexity index is 1190. The van der Waals surface area contributed by atoms with Gasteiger partial charge in [-0.3, -0.25) is 14.2 Å². The summed E-state index contributed by atoms with van der Waals surface area (Å²) in [6.45, 7) is 0. The van der Waals surface area contributed by atoms with Gasteiger partial charge in [0, 0.05) is 10.7 Å². The number of nitrogens with one attached hydrogen (secondary N) is 1. The Labute approximate surface area is 191 Å². The topological polar surface area (TPSA) is 86.1 Å². The number of nitrogens with zero attached hydrogens (tertiary/aromatic N) is 3. The summed E-state index contributed by atoms with van der Waals surface area (Å²) < 4.78 is 7.11. The molecular formula is C21H15ClN4O3S2. The number of thiophene rings is 1. The number of rotatable bonds is 7. The monoisotopic (exact) mass is 470 g/mol. The second-order valence-electron chi connectivity index (χ2n) is 6.18. The molecule has 7 nitrogen and oxygen atoms in total. The highest BCUT2D eigenvalue weighted by molar-refractivity contribution is 7.99. The summed E-state index contributed by atoms with van der Waals surface area (Å²) >= 11 is 8.61. The Morgan fingerprint density at radius 1 is 1.13 bits per heavy atom. The molecule has 4 aromatic rings. The van der Waals surface area contributed by atoms with E-state index in [-0.39, 0.29) is 11.7 Å². The highest BCUT2D eigenvalue weighted by Crippen LogP contribution is 2.23. The largest absolute Gasteiger partial charge is 0.426 e. The first-order valence-corrected chi connectivity index (χ1v) is 11.3. The van der Waals surface area contributed by atoms with Crippen LogP contribution in [0.2, 0.25) is 5.02 Å². The molecule has 0 radical (unpaired) electrons. The third-order valence-electron chi connectivity index (χ3n) is 4.01. The molecule has 2 aromatic heterocycles. The number of carbonyl (C=O) groups excluding carboxylic acids is 2. The number of amides is 1. The Morgan fingerprint density at radius 3 is 2.71 bits per heavy atom. The lowest BCUT2D eigenvalue weighted by Crippen LogP contribution is -2.12. The number of hydrogen-bond donors (Lipinski definition) is 1. The van der Waals surface area contributed by atoms with E-state index in [4.69, 9.17) is 16.3 Å². The van der Waals surface area contributed by atoms with Crippen LogP contribution in [-0.2, 0) is 4.79 Å². The van der Waals surface area contributed by atoms with E-state index < -0.39 is 5.97 Å². The summed E-state index contributed by atoms with van der Waals surface area (Å²) in [5.74, 6) is -0.173. The van der Waals surface area contributed by atoms with Crippen molar-refractivity contribution in [2.75, 3.05) is 11.1 Å². The van der Waals surface area contributed by atoms with Gasteiger partial charge in [0.05, 0.1) is 16.3 Å². The van der Waals surface area contributed by atoms with Crippen LogP contribution < -0.4 is 10.1 Å². The van der Waals surface area contributed by atoms with Crippen molar-refractivity contribution in [3.05, 3.63) is 82.3 Å². The van der Waals surface area contributed by atoms with Crippen LogP contribution in [0.5, 0.6) is 5.75 Å².